The lowest BCUT2D eigenvalue weighted by molar-refractivity contribution is -0.138. The van der Waals surface area contributed by atoms with Gasteiger partial charge in [0, 0.05) is 35.9 Å². The number of benzene rings is 1. The summed E-state index contributed by atoms with van der Waals surface area (Å²) in [6, 6.07) is 5.86. The van der Waals surface area contributed by atoms with Crippen LogP contribution in [0.15, 0.2) is 18.2 Å². The smallest absolute Gasteiger partial charge is 0.317 e. The molecule has 6 heteroatoms. The van der Waals surface area contributed by atoms with Crippen LogP contribution in [0.1, 0.15) is 18.9 Å². The molecule has 1 N–H and O–H groups in total. The Labute approximate surface area is 136 Å². The third-order valence-electron chi connectivity index (χ3n) is 3.73. The van der Waals surface area contributed by atoms with Gasteiger partial charge in [-0.05, 0) is 25.1 Å². The monoisotopic (exact) mass is 326 g/mol. The summed E-state index contributed by atoms with van der Waals surface area (Å²) in [6.07, 6.45) is 0.907. The maximum absolute atomic E-state index is 11.0. The van der Waals surface area contributed by atoms with Gasteiger partial charge in [0.05, 0.1) is 19.8 Å². The molecule has 1 aromatic carbocycles. The van der Waals surface area contributed by atoms with Crippen LogP contribution in [0.3, 0.4) is 0 Å². The number of rotatable bonds is 7. The molecular weight excluding hydrogens is 304 g/mol. The third kappa shape index (κ3) is 4.60. The van der Waals surface area contributed by atoms with Crippen molar-refractivity contribution in [3.63, 3.8) is 0 Å². The second-order valence-electron chi connectivity index (χ2n) is 5.44. The summed E-state index contributed by atoms with van der Waals surface area (Å²) in [4.78, 5) is 15.2. The van der Waals surface area contributed by atoms with Gasteiger partial charge >= 0.3 is 5.97 Å². The first kappa shape index (κ1) is 17.1. The molecule has 1 fully saturated rings. The van der Waals surface area contributed by atoms with Crippen molar-refractivity contribution < 1.29 is 14.6 Å². The lowest BCUT2D eigenvalue weighted by Gasteiger charge is -2.32. The first-order valence-corrected chi connectivity index (χ1v) is 8.04. The van der Waals surface area contributed by atoms with Crippen molar-refractivity contribution in [2.75, 3.05) is 44.3 Å². The van der Waals surface area contributed by atoms with E-state index in [0.717, 1.165) is 37.3 Å². The largest absolute Gasteiger partial charge is 0.480 e. The first-order chi connectivity index (χ1) is 10.6. The predicted molar refractivity (Wildman–Crippen MR) is 87.7 cm³/mol. The number of anilines is 1. The molecule has 1 aromatic rings. The van der Waals surface area contributed by atoms with E-state index in [4.69, 9.17) is 21.4 Å². The van der Waals surface area contributed by atoms with E-state index in [1.54, 1.807) is 0 Å². The zero-order valence-corrected chi connectivity index (χ0v) is 13.7. The molecule has 2 rings (SSSR count). The predicted octanol–water partition coefficient (Wildman–Crippen LogP) is 2.47. The summed E-state index contributed by atoms with van der Waals surface area (Å²) in [6.45, 7) is 6.44. The Hall–Kier alpha value is -1.30. The van der Waals surface area contributed by atoms with E-state index in [1.807, 2.05) is 24.0 Å². The highest BCUT2D eigenvalue weighted by molar-refractivity contribution is 6.31. The van der Waals surface area contributed by atoms with Crippen LogP contribution in [0.25, 0.3) is 0 Å². The Morgan fingerprint density at radius 3 is 2.77 bits per heavy atom. The number of morpholine rings is 1. The highest BCUT2D eigenvalue weighted by Gasteiger charge is 2.19. The number of aliphatic carboxylic acids is 1. The quantitative estimate of drug-likeness (QED) is 0.834. The summed E-state index contributed by atoms with van der Waals surface area (Å²) in [5.74, 6) is -0.812. The molecule has 1 aliphatic rings. The molecule has 1 heterocycles. The van der Waals surface area contributed by atoms with Gasteiger partial charge in [-0.2, -0.15) is 0 Å². The number of carboxylic acid groups (broad SMARTS) is 1. The lowest BCUT2D eigenvalue weighted by atomic mass is 10.1. The van der Waals surface area contributed by atoms with Crippen LogP contribution < -0.4 is 4.90 Å². The molecule has 1 aliphatic heterocycles. The fourth-order valence-electron chi connectivity index (χ4n) is 2.75. The molecule has 0 saturated carbocycles. The number of carboxylic acids is 1. The third-order valence-corrected chi connectivity index (χ3v) is 4.08. The molecule has 122 valence electrons. The number of ether oxygens (including phenoxy) is 1. The standard InChI is InChI=1S/C16H23ClN2O3/c1-2-6-18(12-16(20)21)11-13-14(17)4-3-5-15(13)19-7-9-22-10-8-19/h3-5H,2,6-12H2,1H3,(H,20,21). The van der Waals surface area contributed by atoms with Gasteiger partial charge in [0.2, 0.25) is 0 Å². The van der Waals surface area contributed by atoms with Crippen LogP contribution >= 0.6 is 11.6 Å². The van der Waals surface area contributed by atoms with Crippen LogP contribution in [0, 0.1) is 0 Å². The summed E-state index contributed by atoms with van der Waals surface area (Å²) >= 11 is 6.40. The number of halogens is 1. The number of carbonyl (C=O) groups is 1. The van der Waals surface area contributed by atoms with E-state index in [9.17, 15) is 4.79 Å². The second-order valence-corrected chi connectivity index (χ2v) is 5.85. The minimum atomic E-state index is -0.812. The van der Waals surface area contributed by atoms with Gasteiger partial charge in [-0.25, -0.2) is 0 Å². The van der Waals surface area contributed by atoms with Crippen LogP contribution in [-0.4, -0.2) is 55.4 Å². The normalized spacial score (nSPS) is 15.3. The minimum Gasteiger partial charge on any atom is -0.480 e. The summed E-state index contributed by atoms with van der Waals surface area (Å²) < 4.78 is 5.40. The molecule has 1 saturated heterocycles. The van der Waals surface area contributed by atoms with Crippen LogP contribution in [0.4, 0.5) is 5.69 Å². The second kappa shape index (κ2) is 8.36. The van der Waals surface area contributed by atoms with Gasteiger partial charge in [-0.1, -0.05) is 24.6 Å². The van der Waals surface area contributed by atoms with E-state index < -0.39 is 5.97 Å². The molecule has 0 unspecified atom stereocenters. The Morgan fingerprint density at radius 1 is 1.41 bits per heavy atom. The molecule has 0 amide bonds. The molecule has 0 spiro atoms. The van der Waals surface area contributed by atoms with E-state index >= 15 is 0 Å². The summed E-state index contributed by atoms with van der Waals surface area (Å²) in [7, 11) is 0. The maximum atomic E-state index is 11.0. The SMILES string of the molecule is CCCN(CC(=O)O)Cc1c(Cl)cccc1N1CCOCC1. The van der Waals surface area contributed by atoms with Gasteiger partial charge in [0.1, 0.15) is 0 Å². The summed E-state index contributed by atoms with van der Waals surface area (Å²) in [5, 5.41) is 9.76. The fraction of sp³-hybridized carbons (Fsp3) is 0.562. The van der Waals surface area contributed by atoms with Crippen molar-refractivity contribution in [3.05, 3.63) is 28.8 Å². The minimum absolute atomic E-state index is 0.0294. The molecule has 0 aliphatic carbocycles. The Morgan fingerprint density at radius 2 is 2.14 bits per heavy atom. The van der Waals surface area contributed by atoms with Gasteiger partial charge < -0.3 is 14.7 Å². The topological polar surface area (TPSA) is 53.0 Å². The Balaban J connectivity index is 2.21. The molecular formula is C16H23ClN2O3. The van der Waals surface area contributed by atoms with Gasteiger partial charge in [-0.3, -0.25) is 9.69 Å². The van der Waals surface area contributed by atoms with E-state index in [-0.39, 0.29) is 6.54 Å². The zero-order chi connectivity index (χ0) is 15.9. The number of hydrogen-bond donors (Lipinski definition) is 1. The van der Waals surface area contributed by atoms with Gasteiger partial charge in [0.25, 0.3) is 0 Å². The van der Waals surface area contributed by atoms with Crippen LogP contribution in [0.2, 0.25) is 5.02 Å². The average molecular weight is 327 g/mol. The average Bonchev–Trinajstić information content (AvgIpc) is 2.50. The Kier molecular flexibility index (Phi) is 6.49. The van der Waals surface area contributed by atoms with Gasteiger partial charge in [0.15, 0.2) is 0 Å². The van der Waals surface area contributed by atoms with Crippen molar-refractivity contribution >= 4 is 23.3 Å². The highest BCUT2D eigenvalue weighted by atomic mass is 35.5. The van der Waals surface area contributed by atoms with Crippen LogP contribution in [0.5, 0.6) is 0 Å². The van der Waals surface area contributed by atoms with E-state index in [1.165, 1.54) is 0 Å². The molecule has 22 heavy (non-hydrogen) atoms. The lowest BCUT2D eigenvalue weighted by Crippen LogP contribution is -2.37. The maximum Gasteiger partial charge on any atom is 0.317 e. The molecule has 0 radical (unpaired) electrons. The number of nitrogens with zero attached hydrogens (tertiary/aromatic N) is 2. The molecule has 0 aromatic heterocycles. The highest BCUT2D eigenvalue weighted by Crippen LogP contribution is 2.29. The van der Waals surface area contributed by atoms with E-state index in [2.05, 4.69) is 11.0 Å². The molecule has 0 atom stereocenters. The fourth-order valence-corrected chi connectivity index (χ4v) is 2.98. The summed E-state index contributed by atoms with van der Waals surface area (Å²) in [5.41, 5.74) is 2.09. The first-order valence-electron chi connectivity index (χ1n) is 7.66. The van der Waals surface area contributed by atoms with Crippen molar-refractivity contribution in [1.82, 2.24) is 4.90 Å². The van der Waals surface area contributed by atoms with E-state index in [0.29, 0.717) is 24.8 Å². The van der Waals surface area contributed by atoms with Crippen molar-refractivity contribution in [3.8, 4) is 0 Å². The van der Waals surface area contributed by atoms with Crippen molar-refractivity contribution in [2.24, 2.45) is 0 Å². The number of hydrogen-bond acceptors (Lipinski definition) is 4. The van der Waals surface area contributed by atoms with Crippen LogP contribution in [-0.2, 0) is 16.1 Å². The van der Waals surface area contributed by atoms with Gasteiger partial charge in [-0.15, -0.1) is 0 Å². The zero-order valence-electron chi connectivity index (χ0n) is 12.9. The Bertz CT molecular complexity index is 504. The van der Waals surface area contributed by atoms with Crippen molar-refractivity contribution in [1.29, 1.82) is 0 Å². The van der Waals surface area contributed by atoms with Crippen molar-refractivity contribution in [2.45, 2.75) is 19.9 Å². The molecule has 5 nitrogen and oxygen atoms in total. The molecule has 0 bridgehead atoms.